The molecule has 0 fully saturated rings. The Morgan fingerprint density at radius 2 is 1.39 bits per heavy atom. The number of benzene rings is 3. The average Bonchev–Trinajstić information content (AvgIpc) is 2.84. The third-order valence-corrected chi connectivity index (χ3v) is 6.53. The Hall–Kier alpha value is -2.78. The summed E-state index contributed by atoms with van der Waals surface area (Å²) < 4.78 is 10.6. The molecule has 0 atom stereocenters. The number of ether oxygens (including phenoxy) is 2. The van der Waals surface area contributed by atoms with E-state index in [9.17, 15) is 4.79 Å². The minimum Gasteiger partial charge on any atom is -0.497 e. The lowest BCUT2D eigenvalue weighted by molar-refractivity contribution is -0.118. The van der Waals surface area contributed by atoms with Crippen molar-refractivity contribution in [2.24, 2.45) is 0 Å². The fraction of sp³-hybridized carbons (Fsp3) is 0.345. The minimum atomic E-state index is 0.290. The molecule has 0 amide bonds. The maximum absolute atomic E-state index is 12.4. The molecule has 0 saturated carbocycles. The number of unbranched alkanes of at least 4 members (excludes halogenated alkanes) is 2. The van der Waals surface area contributed by atoms with E-state index < -0.39 is 0 Å². The predicted molar refractivity (Wildman–Crippen MR) is 136 cm³/mol. The van der Waals surface area contributed by atoms with E-state index in [2.05, 4.69) is 24.3 Å². The van der Waals surface area contributed by atoms with Gasteiger partial charge in [0.05, 0.1) is 14.2 Å². The SMILES string of the molecule is COc1ccc(C(CCCCCC(=O)Cc2ccc(Cl)c(C)c2)c2ccc(OC)cc2)cc1. The third kappa shape index (κ3) is 7.36. The fourth-order valence-corrected chi connectivity index (χ4v) is 4.30. The fourth-order valence-electron chi connectivity index (χ4n) is 4.18. The Morgan fingerprint density at radius 1 is 0.818 bits per heavy atom. The van der Waals surface area contributed by atoms with Gasteiger partial charge in [-0.2, -0.15) is 0 Å². The zero-order valence-electron chi connectivity index (χ0n) is 19.8. The van der Waals surface area contributed by atoms with E-state index in [4.69, 9.17) is 21.1 Å². The van der Waals surface area contributed by atoms with E-state index in [-0.39, 0.29) is 0 Å². The van der Waals surface area contributed by atoms with Gasteiger partial charge in [0, 0.05) is 23.8 Å². The van der Waals surface area contributed by atoms with Gasteiger partial charge in [-0.1, -0.05) is 60.8 Å². The topological polar surface area (TPSA) is 35.5 Å². The van der Waals surface area contributed by atoms with E-state index in [0.29, 0.717) is 24.5 Å². The van der Waals surface area contributed by atoms with Gasteiger partial charge in [-0.15, -0.1) is 0 Å². The van der Waals surface area contributed by atoms with Crippen LogP contribution in [0, 0.1) is 6.92 Å². The lowest BCUT2D eigenvalue weighted by atomic mass is 9.86. The summed E-state index contributed by atoms with van der Waals surface area (Å²) in [5.74, 6) is 2.32. The Kier molecular flexibility index (Phi) is 9.38. The number of aryl methyl sites for hydroxylation is 1. The van der Waals surface area contributed by atoms with E-state index in [1.54, 1.807) is 14.2 Å². The molecule has 3 nitrogen and oxygen atoms in total. The Morgan fingerprint density at radius 3 is 1.91 bits per heavy atom. The summed E-state index contributed by atoms with van der Waals surface area (Å²) >= 11 is 6.08. The first-order valence-electron chi connectivity index (χ1n) is 11.5. The van der Waals surface area contributed by atoms with Crippen molar-refractivity contribution in [2.45, 2.75) is 51.4 Å². The van der Waals surface area contributed by atoms with Gasteiger partial charge in [0.15, 0.2) is 0 Å². The molecule has 0 bridgehead atoms. The first-order chi connectivity index (χ1) is 16.0. The molecule has 0 N–H and O–H groups in total. The summed E-state index contributed by atoms with van der Waals surface area (Å²) in [6.45, 7) is 1.97. The summed E-state index contributed by atoms with van der Waals surface area (Å²) in [5, 5.41) is 0.745. The lowest BCUT2D eigenvalue weighted by Gasteiger charge is -2.19. The molecule has 0 aliphatic rings. The van der Waals surface area contributed by atoms with Gasteiger partial charge in [-0.25, -0.2) is 0 Å². The highest BCUT2D eigenvalue weighted by Crippen LogP contribution is 2.32. The summed E-state index contributed by atoms with van der Waals surface area (Å²) in [7, 11) is 3.37. The molecule has 33 heavy (non-hydrogen) atoms. The van der Waals surface area contributed by atoms with Crippen LogP contribution in [0.5, 0.6) is 11.5 Å². The molecule has 0 unspecified atom stereocenters. The number of halogens is 1. The summed E-state index contributed by atoms with van der Waals surface area (Å²) in [4.78, 5) is 12.4. The number of rotatable bonds is 12. The number of methoxy groups -OCH3 is 2. The molecular weight excluding hydrogens is 432 g/mol. The number of carbonyl (C=O) groups excluding carboxylic acids is 1. The second kappa shape index (κ2) is 12.5. The summed E-state index contributed by atoms with van der Waals surface area (Å²) in [6, 6.07) is 22.5. The van der Waals surface area contributed by atoms with Gasteiger partial charge in [0.25, 0.3) is 0 Å². The quantitative estimate of drug-likeness (QED) is 0.259. The molecule has 0 heterocycles. The highest BCUT2D eigenvalue weighted by Gasteiger charge is 2.15. The molecule has 0 aliphatic heterocycles. The first kappa shape index (κ1) is 24.9. The Labute approximate surface area is 202 Å². The van der Waals surface area contributed by atoms with Gasteiger partial charge in [0.2, 0.25) is 0 Å². The van der Waals surface area contributed by atoms with Crippen LogP contribution in [0.25, 0.3) is 0 Å². The lowest BCUT2D eigenvalue weighted by Crippen LogP contribution is -2.04. The van der Waals surface area contributed by atoms with Crippen molar-refractivity contribution in [3.63, 3.8) is 0 Å². The molecule has 0 aromatic heterocycles. The molecule has 3 rings (SSSR count). The third-order valence-electron chi connectivity index (χ3n) is 6.11. The van der Waals surface area contributed by atoms with Crippen LogP contribution in [0.1, 0.15) is 60.3 Å². The molecule has 0 saturated heterocycles. The van der Waals surface area contributed by atoms with Crippen molar-refractivity contribution in [1.82, 2.24) is 0 Å². The van der Waals surface area contributed by atoms with Gasteiger partial charge < -0.3 is 9.47 Å². The first-order valence-corrected chi connectivity index (χ1v) is 11.9. The average molecular weight is 465 g/mol. The Bertz CT molecular complexity index is 978. The molecule has 174 valence electrons. The van der Waals surface area contributed by atoms with Crippen LogP contribution in [0.3, 0.4) is 0 Å². The van der Waals surface area contributed by atoms with Crippen molar-refractivity contribution in [3.8, 4) is 11.5 Å². The monoisotopic (exact) mass is 464 g/mol. The minimum absolute atomic E-state index is 0.290. The highest BCUT2D eigenvalue weighted by atomic mass is 35.5. The standard InChI is InChI=1S/C29H33ClO3/c1-21-19-22(9-18-29(21)30)20-25(31)7-5-4-6-8-28(23-10-14-26(32-2)15-11-23)24-12-16-27(33-3)17-13-24/h9-19,28H,4-8,20H2,1-3H3. The number of hydrogen-bond acceptors (Lipinski definition) is 3. The van der Waals surface area contributed by atoms with Crippen LogP contribution in [-0.4, -0.2) is 20.0 Å². The highest BCUT2D eigenvalue weighted by molar-refractivity contribution is 6.31. The molecule has 4 heteroatoms. The zero-order valence-corrected chi connectivity index (χ0v) is 20.5. The van der Waals surface area contributed by atoms with Crippen molar-refractivity contribution in [1.29, 1.82) is 0 Å². The molecule has 3 aromatic rings. The number of Topliss-reactive ketones (excluding diaryl/α,β-unsaturated/α-hetero) is 1. The van der Waals surface area contributed by atoms with Crippen LogP contribution < -0.4 is 9.47 Å². The molecule has 3 aromatic carbocycles. The number of ketones is 1. The smallest absolute Gasteiger partial charge is 0.137 e. The van der Waals surface area contributed by atoms with Crippen LogP contribution >= 0.6 is 11.6 Å². The molecule has 0 spiro atoms. The van der Waals surface area contributed by atoms with Gasteiger partial charge in [-0.3, -0.25) is 4.79 Å². The van der Waals surface area contributed by atoms with Crippen molar-refractivity contribution >= 4 is 17.4 Å². The van der Waals surface area contributed by atoms with E-state index in [1.165, 1.54) is 11.1 Å². The largest absolute Gasteiger partial charge is 0.497 e. The normalized spacial score (nSPS) is 10.9. The predicted octanol–water partition coefficient (Wildman–Crippen LogP) is 7.56. The summed E-state index contributed by atoms with van der Waals surface area (Å²) in [5.41, 5.74) is 4.61. The van der Waals surface area contributed by atoms with Gasteiger partial charge in [0.1, 0.15) is 17.3 Å². The summed E-state index contributed by atoms with van der Waals surface area (Å²) in [6.07, 6.45) is 5.16. The van der Waals surface area contributed by atoms with Crippen molar-refractivity contribution in [3.05, 3.63) is 94.0 Å². The number of carbonyl (C=O) groups is 1. The number of hydrogen-bond donors (Lipinski definition) is 0. The van der Waals surface area contributed by atoms with Crippen molar-refractivity contribution < 1.29 is 14.3 Å². The van der Waals surface area contributed by atoms with Crippen LogP contribution in [-0.2, 0) is 11.2 Å². The van der Waals surface area contributed by atoms with Crippen LogP contribution in [0.4, 0.5) is 0 Å². The van der Waals surface area contributed by atoms with Gasteiger partial charge >= 0.3 is 0 Å². The van der Waals surface area contributed by atoms with Crippen LogP contribution in [0.2, 0.25) is 5.02 Å². The van der Waals surface area contributed by atoms with Crippen molar-refractivity contribution in [2.75, 3.05) is 14.2 Å². The molecule has 0 aliphatic carbocycles. The molecule has 0 radical (unpaired) electrons. The Balaban J connectivity index is 1.54. The van der Waals surface area contributed by atoms with Gasteiger partial charge in [-0.05, 0) is 72.4 Å². The van der Waals surface area contributed by atoms with E-state index in [1.807, 2.05) is 49.4 Å². The maximum atomic E-state index is 12.4. The van der Waals surface area contributed by atoms with E-state index in [0.717, 1.165) is 53.3 Å². The van der Waals surface area contributed by atoms with Crippen LogP contribution in [0.15, 0.2) is 66.7 Å². The zero-order chi connectivity index (χ0) is 23.6. The second-order valence-corrected chi connectivity index (χ2v) is 8.90. The van der Waals surface area contributed by atoms with E-state index >= 15 is 0 Å². The molecular formula is C29H33ClO3. The maximum Gasteiger partial charge on any atom is 0.137 e. The second-order valence-electron chi connectivity index (χ2n) is 8.50.